The van der Waals surface area contributed by atoms with E-state index in [0.717, 1.165) is 31.2 Å². The van der Waals surface area contributed by atoms with Gasteiger partial charge in [0.2, 0.25) is 0 Å². The van der Waals surface area contributed by atoms with Crippen molar-refractivity contribution in [3.05, 3.63) is 21.4 Å². The quantitative estimate of drug-likeness (QED) is 0.878. The van der Waals surface area contributed by atoms with Gasteiger partial charge in [0.25, 0.3) is 5.91 Å². The van der Waals surface area contributed by atoms with Crippen LogP contribution in [0.15, 0.2) is 5.38 Å². The topological polar surface area (TPSA) is 66.4 Å². The fourth-order valence-electron chi connectivity index (χ4n) is 2.77. The number of carbonyl (C=O) groups is 2. The summed E-state index contributed by atoms with van der Waals surface area (Å²) in [5, 5.41) is 13.9. The molecule has 5 heteroatoms. The van der Waals surface area contributed by atoms with Crippen molar-refractivity contribution in [3.63, 3.8) is 0 Å². The Morgan fingerprint density at radius 3 is 2.86 bits per heavy atom. The monoisotopic (exact) mass is 309 g/mol. The van der Waals surface area contributed by atoms with Crippen molar-refractivity contribution in [1.82, 2.24) is 5.32 Å². The van der Waals surface area contributed by atoms with E-state index in [-0.39, 0.29) is 11.8 Å². The summed E-state index contributed by atoms with van der Waals surface area (Å²) in [6.07, 6.45) is 3.76. The third-order valence-corrected chi connectivity index (χ3v) is 5.46. The second kappa shape index (κ2) is 6.60. The van der Waals surface area contributed by atoms with E-state index in [1.165, 1.54) is 4.88 Å². The van der Waals surface area contributed by atoms with Crippen LogP contribution in [0.3, 0.4) is 0 Å². The van der Waals surface area contributed by atoms with Gasteiger partial charge < -0.3 is 10.4 Å². The summed E-state index contributed by atoms with van der Waals surface area (Å²) < 4.78 is 0. The molecule has 1 heterocycles. The summed E-state index contributed by atoms with van der Waals surface area (Å²) in [7, 11) is 0. The van der Waals surface area contributed by atoms with Crippen LogP contribution in [-0.2, 0) is 17.6 Å². The molecular formula is C16H23NO3S. The van der Waals surface area contributed by atoms with Gasteiger partial charge in [-0.1, -0.05) is 27.2 Å². The lowest BCUT2D eigenvalue weighted by molar-refractivity contribution is -0.140. The number of hydrogen-bond donors (Lipinski definition) is 2. The minimum Gasteiger partial charge on any atom is -0.480 e. The molecule has 3 atom stereocenters. The summed E-state index contributed by atoms with van der Waals surface area (Å²) in [5.74, 6) is -0.620. The predicted molar refractivity (Wildman–Crippen MR) is 83.9 cm³/mol. The summed E-state index contributed by atoms with van der Waals surface area (Å²) in [6, 6.07) is -0.819. The van der Waals surface area contributed by atoms with Gasteiger partial charge in [0.05, 0.1) is 5.56 Å². The van der Waals surface area contributed by atoms with Crippen molar-refractivity contribution in [2.24, 2.45) is 11.8 Å². The minimum absolute atomic E-state index is 0.0825. The van der Waals surface area contributed by atoms with Gasteiger partial charge in [-0.25, -0.2) is 4.79 Å². The maximum atomic E-state index is 12.4. The van der Waals surface area contributed by atoms with Crippen molar-refractivity contribution in [3.8, 4) is 0 Å². The molecule has 0 fully saturated rings. The van der Waals surface area contributed by atoms with E-state index < -0.39 is 12.0 Å². The third kappa shape index (κ3) is 3.46. The number of carbonyl (C=O) groups excluding carboxylic acids is 1. The van der Waals surface area contributed by atoms with Crippen LogP contribution in [0.1, 0.15) is 54.4 Å². The van der Waals surface area contributed by atoms with Crippen LogP contribution in [0, 0.1) is 11.8 Å². The molecule has 0 saturated carbocycles. The smallest absolute Gasteiger partial charge is 0.326 e. The first-order valence-electron chi connectivity index (χ1n) is 7.56. The molecule has 1 aromatic rings. The average molecular weight is 309 g/mol. The Hall–Kier alpha value is -1.36. The van der Waals surface area contributed by atoms with Gasteiger partial charge in [-0.15, -0.1) is 11.3 Å². The van der Waals surface area contributed by atoms with Crippen molar-refractivity contribution < 1.29 is 14.7 Å². The average Bonchev–Trinajstić information content (AvgIpc) is 2.86. The van der Waals surface area contributed by atoms with E-state index in [4.69, 9.17) is 0 Å². The molecule has 21 heavy (non-hydrogen) atoms. The highest BCUT2D eigenvalue weighted by Crippen LogP contribution is 2.32. The molecule has 0 saturated heterocycles. The van der Waals surface area contributed by atoms with Crippen molar-refractivity contribution in [2.45, 2.75) is 52.5 Å². The second-order valence-corrected chi connectivity index (χ2v) is 7.04. The molecular weight excluding hydrogens is 286 g/mol. The predicted octanol–water partition coefficient (Wildman–Crippen LogP) is 3.10. The molecule has 1 amide bonds. The largest absolute Gasteiger partial charge is 0.480 e. The molecule has 2 rings (SSSR count). The van der Waals surface area contributed by atoms with Crippen LogP contribution in [0.5, 0.6) is 0 Å². The zero-order chi connectivity index (χ0) is 15.6. The zero-order valence-electron chi connectivity index (χ0n) is 12.8. The van der Waals surface area contributed by atoms with Crippen molar-refractivity contribution in [2.75, 3.05) is 0 Å². The third-order valence-electron chi connectivity index (χ3n) is 4.41. The van der Waals surface area contributed by atoms with Gasteiger partial charge in [-0.05, 0) is 36.7 Å². The maximum Gasteiger partial charge on any atom is 0.326 e. The van der Waals surface area contributed by atoms with Crippen LogP contribution >= 0.6 is 11.3 Å². The number of carboxylic acid groups (broad SMARTS) is 1. The van der Waals surface area contributed by atoms with Crippen LogP contribution in [-0.4, -0.2) is 23.0 Å². The van der Waals surface area contributed by atoms with Gasteiger partial charge in [0, 0.05) is 10.3 Å². The number of amides is 1. The van der Waals surface area contributed by atoms with E-state index in [0.29, 0.717) is 11.5 Å². The molecule has 116 valence electrons. The lowest BCUT2D eigenvalue weighted by Gasteiger charge is -2.22. The SMILES string of the molecule is CC[C@H](C)[C@H](NC(=O)c1csc2c1CCC(C)C2)C(=O)O. The lowest BCUT2D eigenvalue weighted by atomic mass is 9.88. The van der Waals surface area contributed by atoms with Gasteiger partial charge >= 0.3 is 5.97 Å². The Balaban J connectivity index is 2.15. The number of hydrogen-bond acceptors (Lipinski definition) is 3. The highest BCUT2D eigenvalue weighted by Gasteiger charge is 2.28. The lowest BCUT2D eigenvalue weighted by Crippen LogP contribution is -2.45. The van der Waals surface area contributed by atoms with Gasteiger partial charge in [0.1, 0.15) is 6.04 Å². The molecule has 2 N–H and O–H groups in total. The van der Waals surface area contributed by atoms with Crippen LogP contribution in [0.25, 0.3) is 0 Å². The van der Waals surface area contributed by atoms with E-state index >= 15 is 0 Å². The summed E-state index contributed by atoms with van der Waals surface area (Å²) in [4.78, 5) is 25.0. The second-order valence-electron chi connectivity index (χ2n) is 6.07. The van der Waals surface area contributed by atoms with Gasteiger partial charge in [-0.3, -0.25) is 4.79 Å². The number of fused-ring (bicyclic) bond motifs is 1. The van der Waals surface area contributed by atoms with Gasteiger partial charge in [-0.2, -0.15) is 0 Å². The molecule has 0 aromatic carbocycles. The molecule has 1 aliphatic rings. The summed E-state index contributed by atoms with van der Waals surface area (Å²) in [5.41, 5.74) is 1.81. The molecule has 0 radical (unpaired) electrons. The molecule has 0 aliphatic heterocycles. The standard InChI is InChI=1S/C16H23NO3S/c1-4-10(3)14(16(19)20)17-15(18)12-8-21-13-7-9(2)5-6-11(12)13/h8-10,14H,4-7H2,1-3H3,(H,17,18)(H,19,20)/t9?,10-,14-/m0/s1. The van der Waals surface area contributed by atoms with Crippen LogP contribution in [0.2, 0.25) is 0 Å². The normalized spacial score (nSPS) is 20.4. The Bertz CT molecular complexity index is 538. The number of thiophene rings is 1. The summed E-state index contributed by atoms with van der Waals surface area (Å²) >= 11 is 1.63. The highest BCUT2D eigenvalue weighted by atomic mass is 32.1. The molecule has 0 spiro atoms. The zero-order valence-corrected chi connectivity index (χ0v) is 13.6. The first kappa shape index (κ1) is 16.0. The number of carboxylic acids is 1. The van der Waals surface area contributed by atoms with Crippen LogP contribution < -0.4 is 5.32 Å². The minimum atomic E-state index is -0.963. The highest BCUT2D eigenvalue weighted by molar-refractivity contribution is 7.10. The van der Waals surface area contributed by atoms with Crippen molar-refractivity contribution >= 4 is 23.2 Å². The van der Waals surface area contributed by atoms with Crippen LogP contribution in [0.4, 0.5) is 0 Å². The summed E-state index contributed by atoms with van der Waals surface area (Å²) in [6.45, 7) is 6.01. The number of aliphatic carboxylic acids is 1. The van der Waals surface area contributed by atoms with E-state index in [2.05, 4.69) is 12.2 Å². The fourth-order valence-corrected chi connectivity index (χ4v) is 4.01. The molecule has 0 bridgehead atoms. The molecule has 4 nitrogen and oxygen atoms in total. The van der Waals surface area contributed by atoms with E-state index in [1.807, 2.05) is 19.2 Å². The fraction of sp³-hybridized carbons (Fsp3) is 0.625. The number of nitrogens with one attached hydrogen (secondary N) is 1. The molecule has 1 aliphatic carbocycles. The first-order valence-corrected chi connectivity index (χ1v) is 8.44. The Morgan fingerprint density at radius 2 is 2.24 bits per heavy atom. The van der Waals surface area contributed by atoms with Crippen molar-refractivity contribution in [1.29, 1.82) is 0 Å². The first-order chi connectivity index (χ1) is 9.93. The Labute approximate surface area is 129 Å². The molecule has 1 aromatic heterocycles. The Kier molecular flexibility index (Phi) is 5.04. The Morgan fingerprint density at radius 1 is 1.52 bits per heavy atom. The van der Waals surface area contributed by atoms with Gasteiger partial charge in [0.15, 0.2) is 0 Å². The number of rotatable bonds is 5. The van der Waals surface area contributed by atoms with E-state index in [9.17, 15) is 14.7 Å². The molecule has 1 unspecified atom stereocenters. The maximum absolute atomic E-state index is 12.4. The van der Waals surface area contributed by atoms with E-state index in [1.54, 1.807) is 11.3 Å².